The fraction of sp³-hybridized carbons (Fsp3) is 0.108. The van der Waals surface area contributed by atoms with E-state index in [0.717, 1.165) is 60.7 Å². The second kappa shape index (κ2) is 20.0. The largest absolute Gasteiger partial charge is 0.505 e. The first-order chi connectivity index (χ1) is 32.8. The number of nitrogens with one attached hydrogen (secondary N) is 1. The lowest BCUT2D eigenvalue weighted by atomic mass is 10.1. The van der Waals surface area contributed by atoms with Crippen molar-refractivity contribution in [2.24, 2.45) is 30.7 Å². The van der Waals surface area contributed by atoms with Crippen LogP contribution in [0.15, 0.2) is 123 Å². The third kappa shape index (κ3) is 11.1. The van der Waals surface area contributed by atoms with Crippen LogP contribution in [0.3, 0.4) is 0 Å². The van der Waals surface area contributed by atoms with Gasteiger partial charge in [-0.25, -0.2) is 14.3 Å². The number of aromatic carboxylic acids is 2. The highest BCUT2D eigenvalue weighted by atomic mass is 32.2. The minimum atomic E-state index is -5.34. The molecular weight excluding hydrogens is 1000 g/mol. The van der Waals surface area contributed by atoms with Crippen LogP contribution in [0.25, 0.3) is 16.5 Å². The van der Waals surface area contributed by atoms with Gasteiger partial charge in [-0.15, -0.1) is 30.7 Å². The zero-order valence-corrected chi connectivity index (χ0v) is 36.9. The zero-order chi connectivity index (χ0) is 51.5. The van der Waals surface area contributed by atoms with Crippen LogP contribution in [0.5, 0.6) is 17.2 Å². The molecule has 0 radical (unpaired) electrons. The number of aromatic hydroxyl groups is 1. The molecule has 0 amide bonds. The summed E-state index contributed by atoms with van der Waals surface area (Å²) in [5, 5.41) is 85.4. The van der Waals surface area contributed by atoms with Gasteiger partial charge in [0.1, 0.15) is 62.9 Å². The Bertz CT molecular complexity index is 3650. The molecule has 9 N–H and O–H groups in total. The lowest BCUT2D eigenvalue weighted by Gasteiger charge is -2.13. The maximum Gasteiger partial charge on any atom is 0.356 e. The highest BCUT2D eigenvalue weighted by molar-refractivity contribution is 7.86. The maximum atomic E-state index is 13.6. The minimum absolute atomic E-state index is 0.215. The molecule has 0 fully saturated rings. The molecule has 0 unspecified atom stereocenters. The smallest absolute Gasteiger partial charge is 0.356 e. The molecule has 0 spiro atoms. The summed E-state index contributed by atoms with van der Waals surface area (Å²) < 4.78 is 114. The van der Waals surface area contributed by atoms with Gasteiger partial charge in [0.2, 0.25) is 0 Å². The lowest BCUT2D eigenvalue weighted by molar-refractivity contribution is -0.385. The lowest BCUT2D eigenvalue weighted by Crippen LogP contribution is -2.14. The first-order valence-electron chi connectivity index (χ1n) is 18.7. The molecule has 0 aliphatic carbocycles. The number of ether oxygens (including phenoxy) is 2. The number of H-pyrrole nitrogens is 1. The van der Waals surface area contributed by atoms with Crippen molar-refractivity contribution in [3.8, 4) is 22.9 Å². The van der Waals surface area contributed by atoms with Crippen LogP contribution >= 0.6 is 0 Å². The van der Waals surface area contributed by atoms with E-state index in [4.69, 9.17) is 9.47 Å². The number of phenolic OH excluding ortho intramolecular Hbond substituents is 1. The number of fused-ring (bicyclic) bond motifs is 1. The summed E-state index contributed by atoms with van der Waals surface area (Å²) in [5.41, 5.74) is -7.57. The standard InChI is InChI=1S/C37H29N9O21S3/c47-7-9-66-27-16-26(28(67-10-8-48)15-25(27)40-39-24-5-2-19(46(55)56)13-29(24)69(60,61)62)41-42-31-30(70(63,64)65)12-17-11-18(1-4-21(17)34(31)49)45-35(50)32(33(44-45)37(53)54)43-38-23-6-3-20(68(57,58)59)14-22(23)36(51)52/h1-6,11-16,44,47-49H,7-10H2,(H,51,52)(H,53,54)(H,57,58,59)(H,60,61,62)(H,63,64,65). The average molecular weight is 1030 g/mol. The number of hydrogen-bond donors (Lipinski definition) is 9. The van der Waals surface area contributed by atoms with Gasteiger partial charge in [-0.2, -0.15) is 25.3 Å². The normalized spacial score (nSPS) is 12.4. The van der Waals surface area contributed by atoms with E-state index < -0.39 is 139 Å². The third-order valence-corrected chi connectivity index (χ3v) is 11.7. The van der Waals surface area contributed by atoms with Gasteiger partial charge in [-0.1, -0.05) is 0 Å². The maximum absolute atomic E-state index is 13.6. The second-order valence-corrected chi connectivity index (χ2v) is 17.8. The topological polar surface area (TPSA) is 472 Å². The summed E-state index contributed by atoms with van der Waals surface area (Å²) in [6, 6.07) is 10.4. The molecule has 0 atom stereocenters. The molecule has 1 heterocycles. The van der Waals surface area contributed by atoms with Crippen molar-refractivity contribution in [1.29, 1.82) is 0 Å². The van der Waals surface area contributed by atoms with Gasteiger partial charge in [0.15, 0.2) is 17.1 Å². The first kappa shape index (κ1) is 51.0. The van der Waals surface area contributed by atoms with E-state index in [2.05, 4.69) is 35.8 Å². The Balaban J connectivity index is 1.44. The number of carboxylic acids is 2. The number of aromatic nitrogens is 2. The Morgan fingerprint density at radius 3 is 1.76 bits per heavy atom. The molecule has 0 aliphatic rings. The van der Waals surface area contributed by atoms with Crippen molar-refractivity contribution in [2.45, 2.75) is 14.7 Å². The van der Waals surface area contributed by atoms with Gasteiger partial charge < -0.3 is 35.0 Å². The fourth-order valence-electron chi connectivity index (χ4n) is 6.02. The number of aliphatic hydroxyl groups excluding tert-OH is 2. The van der Waals surface area contributed by atoms with Crippen LogP contribution in [-0.4, -0.2) is 118 Å². The van der Waals surface area contributed by atoms with E-state index >= 15 is 0 Å². The van der Waals surface area contributed by atoms with Crippen LogP contribution in [-0.2, 0) is 30.4 Å². The van der Waals surface area contributed by atoms with Crippen molar-refractivity contribution in [2.75, 3.05) is 26.4 Å². The molecule has 70 heavy (non-hydrogen) atoms. The van der Waals surface area contributed by atoms with Gasteiger partial charge in [0, 0.05) is 29.7 Å². The predicted octanol–water partition coefficient (Wildman–Crippen LogP) is 5.06. The molecule has 33 heteroatoms. The number of aromatic amines is 1. The second-order valence-electron chi connectivity index (χ2n) is 13.6. The fourth-order valence-corrected chi connectivity index (χ4v) is 7.82. The van der Waals surface area contributed by atoms with Crippen LogP contribution in [0.4, 0.5) is 39.8 Å². The molecule has 6 aromatic rings. The number of aliphatic hydroxyl groups is 2. The summed E-state index contributed by atoms with van der Waals surface area (Å²) in [4.78, 5) is 44.9. The van der Waals surface area contributed by atoms with Gasteiger partial charge >= 0.3 is 11.9 Å². The van der Waals surface area contributed by atoms with Gasteiger partial charge in [-0.05, 0) is 53.9 Å². The average Bonchev–Trinajstić information content (AvgIpc) is 3.62. The van der Waals surface area contributed by atoms with Crippen LogP contribution in [0.1, 0.15) is 20.8 Å². The summed E-state index contributed by atoms with van der Waals surface area (Å²) >= 11 is 0. The quantitative estimate of drug-likeness (QED) is 0.0221. The molecule has 0 saturated heterocycles. The number of carboxylic acid groups (broad SMARTS) is 2. The number of nitro benzene ring substituents is 1. The van der Waals surface area contributed by atoms with Crippen molar-refractivity contribution < 1.29 is 88.4 Å². The molecule has 30 nitrogen and oxygen atoms in total. The summed E-state index contributed by atoms with van der Waals surface area (Å²) in [6.45, 7) is -2.05. The number of rotatable bonds is 19. The third-order valence-electron chi connectivity index (χ3n) is 9.10. The van der Waals surface area contributed by atoms with E-state index in [1.54, 1.807) is 0 Å². The number of nitro groups is 1. The van der Waals surface area contributed by atoms with E-state index in [0.29, 0.717) is 16.8 Å². The zero-order valence-electron chi connectivity index (χ0n) is 34.4. The van der Waals surface area contributed by atoms with Gasteiger partial charge in [-0.3, -0.25) is 33.7 Å². The van der Waals surface area contributed by atoms with E-state index in [1.807, 2.05) is 0 Å². The van der Waals surface area contributed by atoms with E-state index in [9.17, 15) is 88.9 Å². The van der Waals surface area contributed by atoms with Gasteiger partial charge in [0.25, 0.3) is 41.6 Å². The van der Waals surface area contributed by atoms with E-state index in [1.165, 1.54) is 0 Å². The number of benzene rings is 5. The van der Waals surface area contributed by atoms with Crippen molar-refractivity contribution >= 4 is 92.9 Å². The summed E-state index contributed by atoms with van der Waals surface area (Å²) in [7, 11) is -15.3. The number of non-ortho nitro benzene ring substituents is 1. The first-order valence-corrected chi connectivity index (χ1v) is 23.0. The van der Waals surface area contributed by atoms with Crippen molar-refractivity contribution in [3.05, 3.63) is 105 Å². The Hall–Kier alpha value is -8.44. The predicted molar refractivity (Wildman–Crippen MR) is 233 cm³/mol. The Morgan fingerprint density at radius 2 is 1.21 bits per heavy atom. The molecule has 6 rings (SSSR count). The van der Waals surface area contributed by atoms with E-state index in [-0.39, 0.29) is 39.3 Å². The van der Waals surface area contributed by atoms with Crippen LogP contribution in [0, 0.1) is 10.1 Å². The minimum Gasteiger partial charge on any atom is -0.505 e. The Labute approximate surface area is 389 Å². The van der Waals surface area contributed by atoms with Crippen LogP contribution < -0.4 is 15.0 Å². The molecule has 0 aliphatic heterocycles. The van der Waals surface area contributed by atoms with Crippen molar-refractivity contribution in [3.63, 3.8) is 0 Å². The number of nitrogens with zero attached hydrogens (tertiary/aromatic N) is 8. The SMILES string of the molecule is O=C(O)c1cc(S(=O)(=O)O)ccc1N=Nc1c(C(=O)O)[nH]n(-c2ccc3c(O)c(N=Nc4cc(OCCO)c(N=Nc5ccc([N+](=O)[O-])cc5S(=O)(=O)O)cc4OCCO)c(S(=O)(=O)O)cc3c2)c1=O. The Morgan fingerprint density at radius 1 is 0.657 bits per heavy atom. The highest BCUT2D eigenvalue weighted by Gasteiger charge is 2.26. The number of phenols is 1. The molecule has 0 saturated carbocycles. The number of azo groups is 3. The monoisotopic (exact) mass is 1030 g/mol. The number of carbonyl (C=O) groups is 2. The molecule has 5 aromatic carbocycles. The summed E-state index contributed by atoms with van der Waals surface area (Å²) in [6.07, 6.45) is 0. The van der Waals surface area contributed by atoms with Crippen LogP contribution in [0.2, 0.25) is 0 Å². The van der Waals surface area contributed by atoms with Gasteiger partial charge in [0.05, 0.1) is 34.3 Å². The molecular formula is C37H29N9O21S3. The van der Waals surface area contributed by atoms with Crippen molar-refractivity contribution in [1.82, 2.24) is 9.78 Å². The molecule has 0 bridgehead atoms. The number of hydrogen-bond acceptors (Lipinski definition) is 22. The highest BCUT2D eigenvalue weighted by Crippen LogP contribution is 2.45. The Kier molecular flexibility index (Phi) is 14.6. The molecule has 1 aromatic heterocycles. The molecule has 366 valence electrons. The summed E-state index contributed by atoms with van der Waals surface area (Å²) in [5.74, 6) is -5.11.